The number of carbonyl (C=O) groups is 3. The second-order valence-corrected chi connectivity index (χ2v) is 6.90. The predicted octanol–water partition coefficient (Wildman–Crippen LogP) is 1.84. The summed E-state index contributed by atoms with van der Waals surface area (Å²) >= 11 is 0. The van der Waals surface area contributed by atoms with E-state index >= 15 is 0 Å². The molecule has 2 rings (SSSR count). The highest BCUT2D eigenvalue weighted by Gasteiger charge is 2.20. The largest absolute Gasteiger partial charge is 0.493 e. The lowest BCUT2D eigenvalue weighted by Crippen LogP contribution is -2.41. The number of hydrogen-bond acceptors (Lipinski definition) is 5. The molecular formula is C20H27F2N3O5. The van der Waals surface area contributed by atoms with Gasteiger partial charge in [-0.1, -0.05) is 19.3 Å². The normalized spacial score (nSPS) is 14.1. The highest BCUT2D eigenvalue weighted by Crippen LogP contribution is 2.29. The Morgan fingerprint density at radius 1 is 1.03 bits per heavy atom. The maximum atomic E-state index is 12.3. The zero-order valence-electron chi connectivity index (χ0n) is 16.8. The van der Waals surface area contributed by atoms with E-state index in [1.54, 1.807) is 0 Å². The minimum atomic E-state index is -3.02. The van der Waals surface area contributed by atoms with Gasteiger partial charge in [0.15, 0.2) is 11.5 Å². The van der Waals surface area contributed by atoms with Crippen molar-refractivity contribution in [3.63, 3.8) is 0 Å². The fourth-order valence-corrected chi connectivity index (χ4v) is 3.22. The Morgan fingerprint density at radius 3 is 2.40 bits per heavy atom. The first kappa shape index (κ1) is 23.4. The van der Waals surface area contributed by atoms with Gasteiger partial charge in [0.2, 0.25) is 11.8 Å². The Labute approximate surface area is 173 Å². The van der Waals surface area contributed by atoms with Gasteiger partial charge in [0.25, 0.3) is 5.91 Å². The van der Waals surface area contributed by atoms with Crippen LogP contribution in [-0.2, 0) is 9.59 Å². The van der Waals surface area contributed by atoms with Crippen LogP contribution >= 0.6 is 0 Å². The van der Waals surface area contributed by atoms with Gasteiger partial charge in [0, 0.05) is 24.6 Å². The van der Waals surface area contributed by atoms with Gasteiger partial charge in [0.1, 0.15) is 0 Å². The first-order valence-electron chi connectivity index (χ1n) is 9.86. The van der Waals surface area contributed by atoms with Crippen molar-refractivity contribution in [2.24, 2.45) is 5.92 Å². The molecule has 1 aromatic carbocycles. The molecule has 0 bridgehead atoms. The Balaban J connectivity index is 1.70. The van der Waals surface area contributed by atoms with Crippen LogP contribution in [0, 0.1) is 5.92 Å². The van der Waals surface area contributed by atoms with E-state index in [4.69, 9.17) is 4.74 Å². The van der Waals surface area contributed by atoms with Crippen LogP contribution in [0.25, 0.3) is 0 Å². The molecular weight excluding hydrogens is 400 g/mol. The zero-order chi connectivity index (χ0) is 21.9. The third-order valence-corrected chi connectivity index (χ3v) is 4.77. The summed E-state index contributed by atoms with van der Waals surface area (Å²) in [6, 6.07) is 3.72. The molecule has 10 heteroatoms. The van der Waals surface area contributed by atoms with E-state index in [1.165, 1.54) is 31.7 Å². The Morgan fingerprint density at radius 2 is 1.73 bits per heavy atom. The molecule has 0 heterocycles. The van der Waals surface area contributed by atoms with Crippen LogP contribution in [-0.4, -0.2) is 51.1 Å². The van der Waals surface area contributed by atoms with E-state index in [9.17, 15) is 23.2 Å². The number of halogens is 2. The number of nitrogens with one attached hydrogen (secondary N) is 3. The quantitative estimate of drug-likeness (QED) is 0.494. The summed E-state index contributed by atoms with van der Waals surface area (Å²) in [7, 11) is 1.26. The molecule has 0 spiro atoms. The van der Waals surface area contributed by atoms with Gasteiger partial charge in [-0.2, -0.15) is 8.78 Å². The monoisotopic (exact) mass is 427 g/mol. The molecule has 8 nitrogen and oxygen atoms in total. The highest BCUT2D eigenvalue weighted by atomic mass is 19.3. The van der Waals surface area contributed by atoms with E-state index < -0.39 is 18.4 Å². The summed E-state index contributed by atoms with van der Waals surface area (Å²) in [5.74, 6) is -1.13. The van der Waals surface area contributed by atoms with Crippen LogP contribution in [0.5, 0.6) is 11.5 Å². The summed E-state index contributed by atoms with van der Waals surface area (Å²) in [4.78, 5) is 36.0. The summed E-state index contributed by atoms with van der Waals surface area (Å²) < 4.78 is 33.9. The number of rotatable bonds is 10. The molecule has 1 aliphatic carbocycles. The number of alkyl halides is 2. The molecule has 1 saturated carbocycles. The second kappa shape index (κ2) is 11.9. The van der Waals surface area contributed by atoms with Gasteiger partial charge < -0.3 is 25.4 Å². The molecule has 0 radical (unpaired) electrons. The number of hydrogen-bond donors (Lipinski definition) is 3. The van der Waals surface area contributed by atoms with Crippen LogP contribution in [0.4, 0.5) is 8.78 Å². The summed E-state index contributed by atoms with van der Waals surface area (Å²) in [5, 5.41) is 7.84. The van der Waals surface area contributed by atoms with Crippen molar-refractivity contribution in [2.75, 3.05) is 26.7 Å². The molecule has 1 aliphatic rings. The Kier molecular flexibility index (Phi) is 9.30. The van der Waals surface area contributed by atoms with Gasteiger partial charge in [-0.3, -0.25) is 14.4 Å². The second-order valence-electron chi connectivity index (χ2n) is 6.90. The number of methoxy groups -OCH3 is 1. The van der Waals surface area contributed by atoms with Gasteiger partial charge >= 0.3 is 6.61 Å². The minimum Gasteiger partial charge on any atom is -0.493 e. The molecule has 166 valence electrons. The van der Waals surface area contributed by atoms with Crippen LogP contribution in [0.3, 0.4) is 0 Å². The van der Waals surface area contributed by atoms with Gasteiger partial charge in [-0.05, 0) is 31.0 Å². The predicted molar refractivity (Wildman–Crippen MR) is 105 cm³/mol. The fourth-order valence-electron chi connectivity index (χ4n) is 3.22. The molecule has 3 N–H and O–H groups in total. The van der Waals surface area contributed by atoms with Crippen LogP contribution in [0.1, 0.15) is 42.5 Å². The number of amides is 3. The molecule has 0 aliphatic heterocycles. The van der Waals surface area contributed by atoms with Crippen LogP contribution in [0.2, 0.25) is 0 Å². The maximum Gasteiger partial charge on any atom is 0.387 e. The SMILES string of the molecule is COc1cc(C(=O)NCC(=O)NCCNC(=O)C2CCCCC2)ccc1OC(F)F. The average molecular weight is 427 g/mol. The zero-order valence-corrected chi connectivity index (χ0v) is 16.8. The van der Waals surface area contributed by atoms with Crippen molar-refractivity contribution in [1.82, 2.24) is 16.0 Å². The smallest absolute Gasteiger partial charge is 0.387 e. The van der Waals surface area contributed by atoms with Crippen molar-refractivity contribution in [3.05, 3.63) is 23.8 Å². The molecule has 1 aromatic rings. The molecule has 0 unspecified atom stereocenters. The van der Waals surface area contributed by atoms with E-state index in [1.807, 2.05) is 0 Å². The first-order chi connectivity index (χ1) is 14.4. The number of benzene rings is 1. The summed E-state index contributed by atoms with van der Waals surface area (Å²) in [5.41, 5.74) is 0.126. The van der Waals surface area contributed by atoms with E-state index in [-0.39, 0.29) is 42.0 Å². The Hall–Kier alpha value is -2.91. The van der Waals surface area contributed by atoms with Crippen molar-refractivity contribution in [3.8, 4) is 11.5 Å². The minimum absolute atomic E-state index is 0.0190. The highest BCUT2D eigenvalue weighted by molar-refractivity contribution is 5.97. The maximum absolute atomic E-state index is 12.3. The van der Waals surface area contributed by atoms with E-state index in [0.717, 1.165) is 25.7 Å². The third-order valence-electron chi connectivity index (χ3n) is 4.77. The molecule has 0 aromatic heterocycles. The van der Waals surface area contributed by atoms with Crippen molar-refractivity contribution >= 4 is 17.7 Å². The van der Waals surface area contributed by atoms with Crippen LogP contribution < -0.4 is 25.4 Å². The van der Waals surface area contributed by atoms with Gasteiger partial charge in [0.05, 0.1) is 13.7 Å². The van der Waals surface area contributed by atoms with Crippen molar-refractivity contribution < 1.29 is 32.6 Å². The lowest BCUT2D eigenvalue weighted by Gasteiger charge is -2.20. The van der Waals surface area contributed by atoms with E-state index in [0.29, 0.717) is 6.54 Å². The van der Waals surface area contributed by atoms with Gasteiger partial charge in [-0.15, -0.1) is 0 Å². The molecule has 3 amide bonds. The average Bonchev–Trinajstić information content (AvgIpc) is 2.75. The molecule has 30 heavy (non-hydrogen) atoms. The number of ether oxygens (including phenoxy) is 2. The van der Waals surface area contributed by atoms with Gasteiger partial charge in [-0.25, -0.2) is 0 Å². The van der Waals surface area contributed by atoms with E-state index in [2.05, 4.69) is 20.7 Å². The van der Waals surface area contributed by atoms with Crippen LogP contribution in [0.15, 0.2) is 18.2 Å². The molecule has 0 atom stereocenters. The molecule has 0 saturated heterocycles. The first-order valence-corrected chi connectivity index (χ1v) is 9.86. The van der Waals surface area contributed by atoms with Crippen molar-refractivity contribution in [1.29, 1.82) is 0 Å². The molecule has 1 fully saturated rings. The Bertz CT molecular complexity index is 739. The lowest BCUT2D eigenvalue weighted by atomic mass is 9.89. The standard InChI is InChI=1S/C20H27F2N3O5/c1-29-16-11-14(7-8-15(16)30-20(21)22)19(28)25-12-17(26)23-9-10-24-18(27)13-5-3-2-4-6-13/h7-8,11,13,20H,2-6,9-10,12H2,1H3,(H,23,26)(H,24,27)(H,25,28). The summed E-state index contributed by atoms with van der Waals surface area (Å²) in [6.45, 7) is -2.72. The number of carbonyl (C=O) groups excluding carboxylic acids is 3. The fraction of sp³-hybridized carbons (Fsp3) is 0.550. The topological polar surface area (TPSA) is 106 Å². The summed E-state index contributed by atoms with van der Waals surface area (Å²) in [6.07, 6.45) is 5.13. The third kappa shape index (κ3) is 7.49. The lowest BCUT2D eigenvalue weighted by molar-refractivity contribution is -0.126. The van der Waals surface area contributed by atoms with Crippen molar-refractivity contribution in [2.45, 2.75) is 38.7 Å².